The van der Waals surface area contributed by atoms with Crippen LogP contribution in [0.5, 0.6) is 0 Å². The first-order valence-corrected chi connectivity index (χ1v) is 6.55. The number of carbonyl (C=O) groups excluding carboxylic acids is 2. The third-order valence-electron chi connectivity index (χ3n) is 3.47. The Morgan fingerprint density at radius 3 is 2.86 bits per heavy atom. The second kappa shape index (κ2) is 4.17. The van der Waals surface area contributed by atoms with Gasteiger partial charge in [0.1, 0.15) is 12.0 Å². The average Bonchev–Trinajstić information content (AvgIpc) is 3.05. The molecule has 1 aromatic heterocycles. The number of allylic oxidation sites excluding steroid dienone is 3. The average molecular weight is 299 g/mol. The Balaban J connectivity index is 1.94. The lowest BCUT2D eigenvalue weighted by Crippen LogP contribution is -2.12. The molecule has 2 aromatic rings. The largest absolute Gasteiger partial charge is 0.363 e. The number of aromatic nitrogens is 1. The fourth-order valence-corrected chi connectivity index (χ4v) is 2.67. The molecule has 0 radical (unpaired) electrons. The molecule has 5 nitrogen and oxygen atoms in total. The Hall–Kier alpha value is -2.66. The number of benzene rings is 1. The van der Waals surface area contributed by atoms with Crippen LogP contribution >= 0.6 is 11.6 Å². The maximum atomic E-state index is 12.5. The second-order valence-corrected chi connectivity index (χ2v) is 5.14. The minimum absolute atomic E-state index is 0.228. The van der Waals surface area contributed by atoms with E-state index in [-0.39, 0.29) is 22.8 Å². The van der Waals surface area contributed by atoms with Gasteiger partial charge in [0, 0.05) is 10.6 Å². The number of halogens is 1. The number of hydrogen-bond donors (Lipinski definition) is 1. The highest BCUT2D eigenvalue weighted by Gasteiger charge is 2.33. The minimum Gasteiger partial charge on any atom is -0.363 e. The molecule has 4 rings (SSSR count). The quantitative estimate of drug-likeness (QED) is 0.757. The normalized spacial score (nSPS) is 19.5. The lowest BCUT2D eigenvalue weighted by molar-refractivity contribution is -0.109. The first kappa shape index (κ1) is 12.1. The molecule has 0 spiro atoms. The molecular formula is C15H7ClN2O3. The maximum absolute atomic E-state index is 12.5. The number of rotatable bonds is 0. The fraction of sp³-hybridized carbons (Fsp3) is 0. The third kappa shape index (κ3) is 1.68. The van der Waals surface area contributed by atoms with E-state index in [1.807, 2.05) is 0 Å². The smallest absolute Gasteiger partial charge is 0.212 e. The van der Waals surface area contributed by atoms with E-state index >= 15 is 0 Å². The van der Waals surface area contributed by atoms with Gasteiger partial charge in [-0.1, -0.05) is 16.8 Å². The number of nitrogens with one attached hydrogen (secondary N) is 1. The molecule has 1 aromatic carbocycles. The molecule has 0 unspecified atom stereocenters. The number of nitrogens with zero attached hydrogens (tertiary/aromatic N) is 1. The molecule has 0 saturated carbocycles. The van der Waals surface area contributed by atoms with Crippen molar-refractivity contribution in [3.63, 3.8) is 0 Å². The van der Waals surface area contributed by atoms with Gasteiger partial charge in [0.25, 0.3) is 0 Å². The van der Waals surface area contributed by atoms with E-state index in [1.165, 1.54) is 12.3 Å². The topological polar surface area (TPSA) is 72.2 Å². The van der Waals surface area contributed by atoms with Crippen LogP contribution in [-0.2, 0) is 4.79 Å². The van der Waals surface area contributed by atoms with Gasteiger partial charge in [-0.05, 0) is 30.4 Å². The van der Waals surface area contributed by atoms with Crippen LogP contribution in [0.1, 0.15) is 21.6 Å². The molecule has 6 heteroatoms. The highest BCUT2D eigenvalue weighted by molar-refractivity contribution is 6.38. The number of Topliss-reactive ketones (excluding diaryl/α,β-unsaturated/α-hetero) is 1. The van der Waals surface area contributed by atoms with Gasteiger partial charge in [-0.15, -0.1) is 0 Å². The van der Waals surface area contributed by atoms with Gasteiger partial charge in [0.15, 0.2) is 5.78 Å². The van der Waals surface area contributed by atoms with E-state index in [0.29, 0.717) is 27.5 Å². The number of ketones is 2. The first-order valence-electron chi connectivity index (χ1n) is 6.18. The van der Waals surface area contributed by atoms with Crippen LogP contribution in [0.4, 0.5) is 5.69 Å². The van der Waals surface area contributed by atoms with Gasteiger partial charge in [-0.25, -0.2) is 0 Å². The molecule has 0 saturated heterocycles. The summed E-state index contributed by atoms with van der Waals surface area (Å²) in [6.07, 6.45) is 4.30. The standard InChI is InChI=1S/C15H7ClN2O3/c16-7-1-2-10-8(5-7)15(20)14(17-10)13-9-6-21-18-11(9)3-4-12(13)19/h1-6,17H/b14-13-. The summed E-state index contributed by atoms with van der Waals surface area (Å²) in [5.74, 6) is -0.529. The Bertz CT molecular complexity index is 877. The Kier molecular flexibility index (Phi) is 2.40. The SMILES string of the molecule is O=C1C=Cc2nocc2/C1=C1/Nc2ccc(Cl)cc2C1=O. The molecular weight excluding hydrogens is 292 g/mol. The van der Waals surface area contributed by atoms with Crippen molar-refractivity contribution in [2.24, 2.45) is 0 Å². The van der Waals surface area contributed by atoms with Crippen molar-refractivity contribution in [3.8, 4) is 0 Å². The van der Waals surface area contributed by atoms with Gasteiger partial charge >= 0.3 is 0 Å². The van der Waals surface area contributed by atoms with Crippen LogP contribution in [0.2, 0.25) is 5.02 Å². The van der Waals surface area contributed by atoms with E-state index in [2.05, 4.69) is 10.5 Å². The van der Waals surface area contributed by atoms with Crippen molar-refractivity contribution in [1.29, 1.82) is 0 Å². The van der Waals surface area contributed by atoms with Crippen molar-refractivity contribution in [2.75, 3.05) is 5.32 Å². The second-order valence-electron chi connectivity index (χ2n) is 4.71. The zero-order valence-electron chi connectivity index (χ0n) is 10.5. The highest BCUT2D eigenvalue weighted by Crippen LogP contribution is 2.36. The molecule has 1 aliphatic heterocycles. The number of carbonyl (C=O) groups is 2. The summed E-state index contributed by atoms with van der Waals surface area (Å²) in [5.41, 5.74) is 2.62. The van der Waals surface area contributed by atoms with Gasteiger partial charge < -0.3 is 9.84 Å². The summed E-state index contributed by atoms with van der Waals surface area (Å²) >= 11 is 5.92. The van der Waals surface area contributed by atoms with Crippen molar-refractivity contribution < 1.29 is 14.1 Å². The summed E-state index contributed by atoms with van der Waals surface area (Å²) in [5, 5.41) is 7.25. The third-order valence-corrected chi connectivity index (χ3v) is 3.70. The summed E-state index contributed by atoms with van der Waals surface area (Å²) in [4.78, 5) is 24.7. The molecule has 0 bridgehead atoms. The summed E-state index contributed by atoms with van der Waals surface area (Å²) in [6, 6.07) is 4.97. The lowest BCUT2D eigenvalue weighted by atomic mass is 9.93. The predicted octanol–water partition coefficient (Wildman–Crippen LogP) is 2.94. The molecule has 2 aliphatic rings. The van der Waals surface area contributed by atoms with Gasteiger partial charge in [0.2, 0.25) is 5.78 Å². The van der Waals surface area contributed by atoms with Crippen LogP contribution in [0.3, 0.4) is 0 Å². The Labute approximate surface area is 123 Å². The van der Waals surface area contributed by atoms with Crippen molar-refractivity contribution in [3.05, 3.63) is 58.1 Å². The monoisotopic (exact) mass is 298 g/mol. The van der Waals surface area contributed by atoms with Crippen molar-refractivity contribution in [1.82, 2.24) is 5.16 Å². The lowest BCUT2D eigenvalue weighted by Gasteiger charge is -2.09. The van der Waals surface area contributed by atoms with Crippen LogP contribution in [0.15, 0.2) is 40.8 Å². The van der Waals surface area contributed by atoms with E-state index in [9.17, 15) is 9.59 Å². The van der Waals surface area contributed by atoms with Crippen molar-refractivity contribution in [2.45, 2.75) is 0 Å². The van der Waals surface area contributed by atoms with Crippen LogP contribution < -0.4 is 5.32 Å². The zero-order chi connectivity index (χ0) is 14.6. The molecule has 2 heterocycles. The molecule has 21 heavy (non-hydrogen) atoms. The van der Waals surface area contributed by atoms with E-state index in [4.69, 9.17) is 16.1 Å². The summed E-state index contributed by atoms with van der Waals surface area (Å²) in [6.45, 7) is 0. The maximum Gasteiger partial charge on any atom is 0.212 e. The fourth-order valence-electron chi connectivity index (χ4n) is 2.50. The van der Waals surface area contributed by atoms with E-state index < -0.39 is 0 Å². The summed E-state index contributed by atoms with van der Waals surface area (Å²) < 4.78 is 4.89. The number of anilines is 1. The highest BCUT2D eigenvalue weighted by atomic mass is 35.5. The molecule has 0 amide bonds. The van der Waals surface area contributed by atoms with Crippen LogP contribution in [0.25, 0.3) is 11.6 Å². The van der Waals surface area contributed by atoms with Gasteiger partial charge in [0.05, 0.1) is 22.5 Å². The Morgan fingerprint density at radius 1 is 1.14 bits per heavy atom. The zero-order valence-corrected chi connectivity index (χ0v) is 11.3. The van der Waals surface area contributed by atoms with E-state index in [0.717, 1.165) is 0 Å². The summed E-state index contributed by atoms with van der Waals surface area (Å²) in [7, 11) is 0. The van der Waals surface area contributed by atoms with Gasteiger partial charge in [-0.2, -0.15) is 0 Å². The molecule has 1 aliphatic carbocycles. The molecule has 0 atom stereocenters. The Morgan fingerprint density at radius 2 is 2.00 bits per heavy atom. The number of fused-ring (bicyclic) bond motifs is 2. The van der Waals surface area contributed by atoms with Crippen LogP contribution in [-0.4, -0.2) is 16.7 Å². The van der Waals surface area contributed by atoms with Crippen LogP contribution in [0, 0.1) is 0 Å². The molecule has 0 fully saturated rings. The molecule has 102 valence electrons. The molecule has 1 N–H and O–H groups in total. The van der Waals surface area contributed by atoms with Crippen molar-refractivity contribution >= 4 is 40.5 Å². The van der Waals surface area contributed by atoms with E-state index in [1.54, 1.807) is 24.3 Å². The van der Waals surface area contributed by atoms with Gasteiger partial charge in [-0.3, -0.25) is 9.59 Å². The number of hydrogen-bond acceptors (Lipinski definition) is 5. The predicted molar refractivity (Wildman–Crippen MR) is 76.9 cm³/mol. The first-order chi connectivity index (χ1) is 10.1. The minimum atomic E-state index is -0.265.